The highest BCUT2D eigenvalue weighted by molar-refractivity contribution is 5.94. The fourth-order valence-electron chi connectivity index (χ4n) is 4.02. The van der Waals surface area contributed by atoms with E-state index in [-0.39, 0.29) is 0 Å². The molecule has 6 rings (SSSR count). The maximum absolute atomic E-state index is 4.84. The standard InChI is InChI=1S/C24H22N10/c1-3-25-8-15-6-16(10-26-9-15)17-7-18-20(32-33-22(18)28-11-17)24-30-21-19(4-5-27-23(21)31-24)34-12-14(2)29-13-34/h4-7,9-13,25H,3,8H2,1-2H3,(H,27,30,31)(H,28,32,33). The summed E-state index contributed by atoms with van der Waals surface area (Å²) in [6.07, 6.45) is 11.0. The zero-order valence-corrected chi connectivity index (χ0v) is 18.7. The summed E-state index contributed by atoms with van der Waals surface area (Å²) in [7, 11) is 0. The van der Waals surface area contributed by atoms with Crippen molar-refractivity contribution in [2.24, 2.45) is 0 Å². The summed E-state index contributed by atoms with van der Waals surface area (Å²) < 4.78 is 1.94. The van der Waals surface area contributed by atoms with Crippen molar-refractivity contribution in [3.8, 4) is 28.3 Å². The molecule has 6 aromatic heterocycles. The number of H-pyrrole nitrogens is 2. The van der Waals surface area contributed by atoms with Crippen molar-refractivity contribution in [3.63, 3.8) is 0 Å². The number of nitrogens with zero attached hydrogens (tertiary/aromatic N) is 7. The molecule has 0 atom stereocenters. The highest BCUT2D eigenvalue weighted by Gasteiger charge is 2.17. The lowest BCUT2D eigenvalue weighted by atomic mass is 10.1. The quantitative estimate of drug-likeness (QED) is 0.354. The fourth-order valence-corrected chi connectivity index (χ4v) is 4.02. The summed E-state index contributed by atoms with van der Waals surface area (Å²) in [4.78, 5) is 25.9. The number of rotatable bonds is 6. The molecule has 0 radical (unpaired) electrons. The first kappa shape index (κ1) is 20.2. The molecule has 0 aliphatic rings. The molecule has 3 N–H and O–H groups in total. The van der Waals surface area contributed by atoms with E-state index in [2.05, 4.69) is 59.5 Å². The van der Waals surface area contributed by atoms with Gasteiger partial charge in [-0.1, -0.05) is 6.92 Å². The summed E-state index contributed by atoms with van der Waals surface area (Å²) in [5, 5.41) is 11.7. The number of aryl methyl sites for hydroxylation is 1. The number of hydrogen-bond acceptors (Lipinski definition) is 7. The Bertz CT molecular complexity index is 1620. The number of fused-ring (bicyclic) bond motifs is 2. The molecule has 34 heavy (non-hydrogen) atoms. The average molecular weight is 451 g/mol. The van der Waals surface area contributed by atoms with Crippen molar-refractivity contribution in [2.75, 3.05) is 6.54 Å². The first-order chi connectivity index (χ1) is 16.7. The van der Waals surface area contributed by atoms with Crippen molar-refractivity contribution in [1.29, 1.82) is 0 Å². The van der Waals surface area contributed by atoms with Crippen LogP contribution in [0.25, 0.3) is 50.5 Å². The summed E-state index contributed by atoms with van der Waals surface area (Å²) in [5.41, 5.74) is 7.72. The predicted molar refractivity (Wildman–Crippen MR) is 129 cm³/mol. The molecule has 0 saturated carbocycles. The van der Waals surface area contributed by atoms with E-state index in [1.165, 1.54) is 0 Å². The first-order valence-corrected chi connectivity index (χ1v) is 11.0. The molecule has 10 heteroatoms. The molecule has 0 spiro atoms. The molecule has 0 saturated heterocycles. The average Bonchev–Trinajstić information content (AvgIpc) is 3.59. The Morgan fingerprint density at radius 2 is 1.94 bits per heavy atom. The van der Waals surface area contributed by atoms with Crippen LogP contribution >= 0.6 is 0 Å². The minimum atomic E-state index is 0.621. The van der Waals surface area contributed by atoms with E-state index in [1.54, 1.807) is 12.5 Å². The largest absolute Gasteiger partial charge is 0.321 e. The Morgan fingerprint density at radius 1 is 1.03 bits per heavy atom. The molecule has 6 aromatic rings. The van der Waals surface area contributed by atoms with Gasteiger partial charge < -0.3 is 14.9 Å². The molecular weight excluding hydrogens is 428 g/mol. The van der Waals surface area contributed by atoms with Crippen molar-refractivity contribution in [3.05, 3.63) is 66.8 Å². The van der Waals surface area contributed by atoms with Gasteiger partial charge in [0.1, 0.15) is 11.2 Å². The van der Waals surface area contributed by atoms with Crippen LogP contribution in [0, 0.1) is 6.92 Å². The molecule has 10 nitrogen and oxygen atoms in total. The number of pyridine rings is 3. The molecule has 0 amide bonds. The third kappa shape index (κ3) is 3.50. The van der Waals surface area contributed by atoms with Crippen LogP contribution in [0.15, 0.2) is 55.5 Å². The highest BCUT2D eigenvalue weighted by atomic mass is 15.2. The summed E-state index contributed by atoms with van der Waals surface area (Å²) >= 11 is 0. The van der Waals surface area contributed by atoms with E-state index in [0.29, 0.717) is 22.8 Å². The Kier molecular flexibility index (Phi) is 4.84. The third-order valence-corrected chi connectivity index (χ3v) is 5.70. The maximum Gasteiger partial charge on any atom is 0.161 e. The van der Waals surface area contributed by atoms with Gasteiger partial charge in [-0.15, -0.1) is 0 Å². The zero-order chi connectivity index (χ0) is 23.1. The zero-order valence-electron chi connectivity index (χ0n) is 18.7. The summed E-state index contributed by atoms with van der Waals surface area (Å²) in [6, 6.07) is 6.11. The minimum absolute atomic E-state index is 0.621. The SMILES string of the molecule is CCNCc1cncc(-c2cnc3[nH]nc(-c4nc5c(-n6cnc(C)c6)ccnc5[nH]4)c3c2)c1. The second-order valence-corrected chi connectivity index (χ2v) is 8.09. The third-order valence-electron chi connectivity index (χ3n) is 5.70. The molecule has 6 heterocycles. The summed E-state index contributed by atoms with van der Waals surface area (Å²) in [5.74, 6) is 0.621. The smallest absolute Gasteiger partial charge is 0.161 e. The maximum atomic E-state index is 4.84. The molecule has 168 valence electrons. The Labute approximate surface area is 194 Å². The molecule has 0 aliphatic carbocycles. The van der Waals surface area contributed by atoms with Crippen LogP contribution in [0.3, 0.4) is 0 Å². The lowest BCUT2D eigenvalue weighted by Crippen LogP contribution is -2.11. The second-order valence-electron chi connectivity index (χ2n) is 8.09. The lowest BCUT2D eigenvalue weighted by Gasteiger charge is -2.05. The van der Waals surface area contributed by atoms with Gasteiger partial charge in [-0.3, -0.25) is 10.1 Å². The van der Waals surface area contributed by atoms with Crippen molar-refractivity contribution >= 4 is 22.2 Å². The van der Waals surface area contributed by atoms with E-state index in [9.17, 15) is 0 Å². The molecular formula is C24H22N10. The van der Waals surface area contributed by atoms with E-state index >= 15 is 0 Å². The van der Waals surface area contributed by atoms with Gasteiger partial charge >= 0.3 is 0 Å². The predicted octanol–water partition coefficient (Wildman–Crippen LogP) is 3.56. The van der Waals surface area contributed by atoms with Crippen molar-refractivity contribution < 1.29 is 0 Å². The molecule has 0 unspecified atom stereocenters. The second kappa shape index (κ2) is 8.16. The van der Waals surface area contributed by atoms with Gasteiger partial charge in [0, 0.05) is 48.7 Å². The number of nitrogens with one attached hydrogen (secondary N) is 3. The molecule has 0 bridgehead atoms. The van der Waals surface area contributed by atoms with Gasteiger partial charge in [0.15, 0.2) is 17.1 Å². The topological polar surface area (TPSA) is 126 Å². The fraction of sp³-hybridized carbons (Fsp3) is 0.167. The Hall–Kier alpha value is -4.44. The van der Waals surface area contributed by atoms with Gasteiger partial charge in [-0.25, -0.2) is 19.9 Å². The van der Waals surface area contributed by atoms with Crippen LogP contribution in [-0.2, 0) is 6.54 Å². The number of aromatic nitrogens is 9. The molecule has 0 fully saturated rings. The van der Waals surface area contributed by atoms with Crippen LogP contribution in [0.1, 0.15) is 18.2 Å². The minimum Gasteiger partial charge on any atom is -0.321 e. The number of aromatic amines is 2. The number of hydrogen-bond donors (Lipinski definition) is 3. The van der Waals surface area contributed by atoms with Crippen LogP contribution in [0.4, 0.5) is 0 Å². The van der Waals surface area contributed by atoms with Gasteiger partial charge in [-0.05, 0) is 37.2 Å². The van der Waals surface area contributed by atoms with Crippen molar-refractivity contribution in [2.45, 2.75) is 20.4 Å². The van der Waals surface area contributed by atoms with Gasteiger partial charge in [-0.2, -0.15) is 5.10 Å². The Balaban J connectivity index is 1.44. The van der Waals surface area contributed by atoms with Gasteiger partial charge in [0.05, 0.1) is 23.1 Å². The van der Waals surface area contributed by atoms with Crippen LogP contribution in [0.5, 0.6) is 0 Å². The molecule has 0 aromatic carbocycles. The monoisotopic (exact) mass is 450 g/mol. The van der Waals surface area contributed by atoms with E-state index in [1.807, 2.05) is 42.3 Å². The van der Waals surface area contributed by atoms with Crippen LogP contribution in [-0.4, -0.2) is 51.2 Å². The first-order valence-electron chi connectivity index (χ1n) is 11.0. The van der Waals surface area contributed by atoms with E-state index < -0.39 is 0 Å². The summed E-state index contributed by atoms with van der Waals surface area (Å²) in [6.45, 7) is 5.72. The molecule has 0 aliphatic heterocycles. The number of imidazole rings is 2. The van der Waals surface area contributed by atoms with Crippen LogP contribution in [0.2, 0.25) is 0 Å². The normalized spacial score (nSPS) is 11.6. The van der Waals surface area contributed by atoms with Gasteiger partial charge in [0.2, 0.25) is 0 Å². The van der Waals surface area contributed by atoms with E-state index in [0.717, 1.165) is 52.1 Å². The van der Waals surface area contributed by atoms with Crippen LogP contribution < -0.4 is 5.32 Å². The van der Waals surface area contributed by atoms with E-state index in [4.69, 9.17) is 4.98 Å². The Morgan fingerprint density at radius 3 is 2.79 bits per heavy atom. The van der Waals surface area contributed by atoms with Crippen molar-refractivity contribution in [1.82, 2.24) is 50.0 Å². The highest BCUT2D eigenvalue weighted by Crippen LogP contribution is 2.30. The van der Waals surface area contributed by atoms with Gasteiger partial charge in [0.25, 0.3) is 0 Å². The lowest BCUT2D eigenvalue weighted by molar-refractivity contribution is 0.724.